The van der Waals surface area contributed by atoms with E-state index in [4.69, 9.17) is 34.4 Å². The number of likely N-dealkylation sites (tertiary alicyclic amines) is 2. The molecule has 39 heavy (non-hydrogen) atoms. The lowest BCUT2D eigenvalue weighted by Gasteiger charge is -2.35. The third kappa shape index (κ3) is 6.19. The van der Waals surface area contributed by atoms with Crippen molar-refractivity contribution in [1.82, 2.24) is 9.80 Å². The molecule has 5 rings (SSSR count). The topological polar surface area (TPSA) is 70.1 Å². The zero-order valence-electron chi connectivity index (χ0n) is 21.5. The van der Waals surface area contributed by atoms with Gasteiger partial charge in [-0.1, -0.05) is 29.1 Å². The lowest BCUT2D eigenvalue weighted by molar-refractivity contribution is -0.141. The molecule has 0 unspecified atom stereocenters. The Labute approximate surface area is 238 Å². The van der Waals surface area contributed by atoms with Gasteiger partial charge in [-0.25, -0.2) is 9.18 Å². The number of benzene rings is 2. The highest BCUT2D eigenvalue weighted by molar-refractivity contribution is 6.34. The molecule has 206 valence electrons. The summed E-state index contributed by atoms with van der Waals surface area (Å²) in [5.41, 5.74) is 1.65. The lowest BCUT2D eigenvalue weighted by Crippen LogP contribution is -2.40. The molecule has 2 aliphatic heterocycles. The highest BCUT2D eigenvalue weighted by Gasteiger charge is 2.37. The minimum atomic E-state index is -1.06. The lowest BCUT2D eigenvalue weighted by atomic mass is 9.95. The predicted molar refractivity (Wildman–Crippen MR) is 148 cm³/mol. The van der Waals surface area contributed by atoms with Crippen LogP contribution in [0.25, 0.3) is 0 Å². The van der Waals surface area contributed by atoms with Crippen molar-refractivity contribution < 1.29 is 23.8 Å². The fourth-order valence-electron chi connectivity index (χ4n) is 5.73. The van der Waals surface area contributed by atoms with Gasteiger partial charge in [-0.05, 0) is 85.8 Å². The van der Waals surface area contributed by atoms with Gasteiger partial charge in [-0.15, -0.1) is 6.42 Å². The number of nitrogens with zero attached hydrogens (tertiary/aromatic N) is 2. The Hall–Kier alpha value is -2.79. The van der Waals surface area contributed by atoms with E-state index in [1.54, 1.807) is 12.1 Å². The average molecular weight is 573 g/mol. The Balaban J connectivity index is 1.23. The van der Waals surface area contributed by atoms with Crippen LogP contribution in [0.2, 0.25) is 10.0 Å². The second kappa shape index (κ2) is 11.8. The molecular weight excluding hydrogens is 542 g/mol. The molecule has 1 N–H and O–H groups in total. The van der Waals surface area contributed by atoms with Crippen LogP contribution in [0.3, 0.4) is 0 Å². The third-order valence-corrected chi connectivity index (χ3v) is 8.43. The van der Waals surface area contributed by atoms with Crippen molar-refractivity contribution in [2.24, 2.45) is 5.92 Å². The zero-order valence-corrected chi connectivity index (χ0v) is 23.1. The standard InChI is InChI=1S/C30H31Cl2FN2O4/c1-2-26(20-12-21(31)14-22(32)13-20)34-10-7-18(8-11-34)17-39-28-16-25(33)24(15-23(28)19-5-6-19)29(36)35-9-3-4-27(35)30(37)38/h1,12-16,18-19,26-27H,3-11,17H2,(H,37,38)/t26-,27+/m1/s1. The number of halogens is 3. The number of carboxylic acids is 1. The van der Waals surface area contributed by atoms with Crippen molar-refractivity contribution in [2.75, 3.05) is 26.2 Å². The number of amides is 1. The van der Waals surface area contributed by atoms with Crippen molar-refractivity contribution >= 4 is 35.1 Å². The van der Waals surface area contributed by atoms with Gasteiger partial charge < -0.3 is 14.7 Å². The number of hydrogen-bond donors (Lipinski definition) is 1. The summed E-state index contributed by atoms with van der Waals surface area (Å²) < 4.78 is 21.4. The minimum Gasteiger partial charge on any atom is -0.493 e. The molecule has 3 aliphatic rings. The van der Waals surface area contributed by atoms with Gasteiger partial charge in [-0.3, -0.25) is 9.69 Å². The van der Waals surface area contributed by atoms with Crippen molar-refractivity contribution in [3.8, 4) is 18.1 Å². The maximum Gasteiger partial charge on any atom is 0.326 e. The quantitative estimate of drug-likeness (QED) is 0.383. The monoisotopic (exact) mass is 572 g/mol. The molecule has 9 heteroatoms. The molecule has 3 fully saturated rings. The third-order valence-electron chi connectivity index (χ3n) is 7.99. The Morgan fingerprint density at radius 2 is 1.74 bits per heavy atom. The molecule has 2 atom stereocenters. The van der Waals surface area contributed by atoms with E-state index >= 15 is 4.39 Å². The van der Waals surface area contributed by atoms with Crippen LogP contribution in [0.15, 0.2) is 30.3 Å². The molecule has 1 saturated carbocycles. The van der Waals surface area contributed by atoms with Gasteiger partial charge in [0.1, 0.15) is 17.6 Å². The van der Waals surface area contributed by atoms with Crippen LogP contribution in [0.1, 0.15) is 72.0 Å². The van der Waals surface area contributed by atoms with Crippen LogP contribution in [-0.4, -0.2) is 59.1 Å². The van der Waals surface area contributed by atoms with Crippen LogP contribution in [0, 0.1) is 24.1 Å². The predicted octanol–water partition coefficient (Wildman–Crippen LogP) is 6.16. The molecule has 0 aromatic heterocycles. The molecule has 1 aliphatic carbocycles. The average Bonchev–Trinajstić information content (AvgIpc) is 3.62. The molecule has 1 amide bonds. The smallest absolute Gasteiger partial charge is 0.326 e. The molecule has 2 saturated heterocycles. The van der Waals surface area contributed by atoms with E-state index in [9.17, 15) is 14.7 Å². The van der Waals surface area contributed by atoms with Gasteiger partial charge in [0, 0.05) is 35.7 Å². The van der Waals surface area contributed by atoms with Crippen LogP contribution >= 0.6 is 23.2 Å². The van der Waals surface area contributed by atoms with E-state index in [0.717, 1.165) is 49.9 Å². The fourth-order valence-corrected chi connectivity index (χ4v) is 6.27. The summed E-state index contributed by atoms with van der Waals surface area (Å²) in [4.78, 5) is 28.1. The van der Waals surface area contributed by atoms with E-state index < -0.39 is 23.7 Å². The summed E-state index contributed by atoms with van der Waals surface area (Å²) in [5, 5.41) is 10.6. The zero-order chi connectivity index (χ0) is 27.7. The highest BCUT2D eigenvalue weighted by atomic mass is 35.5. The van der Waals surface area contributed by atoms with E-state index in [1.165, 1.54) is 11.0 Å². The van der Waals surface area contributed by atoms with Crippen LogP contribution in [0.4, 0.5) is 4.39 Å². The second-order valence-corrected chi connectivity index (χ2v) is 11.6. The number of hydrogen-bond acceptors (Lipinski definition) is 4. The number of rotatable bonds is 8. The maximum atomic E-state index is 15.2. The Kier molecular flexibility index (Phi) is 8.37. The van der Waals surface area contributed by atoms with Gasteiger partial charge in [0.2, 0.25) is 0 Å². The van der Waals surface area contributed by atoms with E-state index in [0.29, 0.717) is 41.8 Å². The molecule has 6 nitrogen and oxygen atoms in total. The van der Waals surface area contributed by atoms with Crippen molar-refractivity contribution in [3.63, 3.8) is 0 Å². The Morgan fingerprint density at radius 3 is 2.36 bits per heavy atom. The molecule has 2 aromatic carbocycles. The van der Waals surface area contributed by atoms with Crippen molar-refractivity contribution in [2.45, 2.75) is 56.5 Å². The molecular formula is C30H31Cl2FN2O4. The van der Waals surface area contributed by atoms with E-state index in [2.05, 4.69) is 10.8 Å². The SMILES string of the molecule is C#C[C@H](c1cc(Cl)cc(Cl)c1)N1CCC(COc2cc(F)c(C(=O)N3CCC[C@H]3C(=O)O)cc2C2CC2)CC1. The fraction of sp³-hybridized carbons (Fsp3) is 0.467. The van der Waals surface area contributed by atoms with Gasteiger partial charge in [0.05, 0.1) is 18.2 Å². The number of carboxylic acid groups (broad SMARTS) is 1. The Morgan fingerprint density at radius 1 is 1.05 bits per heavy atom. The number of carbonyl (C=O) groups excluding carboxylic acids is 1. The van der Waals surface area contributed by atoms with Gasteiger partial charge in [0.25, 0.3) is 5.91 Å². The van der Waals surface area contributed by atoms with Gasteiger partial charge in [-0.2, -0.15) is 0 Å². The maximum absolute atomic E-state index is 15.2. The van der Waals surface area contributed by atoms with Crippen molar-refractivity contribution in [3.05, 3.63) is 62.9 Å². The molecule has 0 spiro atoms. The van der Waals surface area contributed by atoms with Crippen LogP contribution in [-0.2, 0) is 4.79 Å². The first-order chi connectivity index (χ1) is 18.7. The molecule has 2 heterocycles. The second-order valence-electron chi connectivity index (χ2n) is 10.7. The summed E-state index contributed by atoms with van der Waals surface area (Å²) >= 11 is 12.4. The molecule has 0 bridgehead atoms. The first-order valence-electron chi connectivity index (χ1n) is 13.4. The number of piperidine rings is 1. The van der Waals surface area contributed by atoms with Crippen LogP contribution < -0.4 is 4.74 Å². The summed E-state index contributed by atoms with van der Waals surface area (Å²) in [6, 6.07) is 7.14. The largest absolute Gasteiger partial charge is 0.493 e. The molecule has 2 aromatic rings. The van der Waals surface area contributed by atoms with Crippen LogP contribution in [0.5, 0.6) is 5.75 Å². The summed E-state index contributed by atoms with van der Waals surface area (Å²) in [5.74, 6) is 1.54. The summed E-state index contributed by atoms with van der Waals surface area (Å²) in [6.45, 7) is 2.32. The normalized spacial score (nSPS) is 21.0. The van der Waals surface area contributed by atoms with E-state index in [1.807, 2.05) is 12.1 Å². The number of ether oxygens (including phenoxy) is 1. The summed E-state index contributed by atoms with van der Waals surface area (Å²) in [6.07, 6.45) is 10.5. The molecule has 0 radical (unpaired) electrons. The highest BCUT2D eigenvalue weighted by Crippen LogP contribution is 2.45. The summed E-state index contributed by atoms with van der Waals surface area (Å²) in [7, 11) is 0. The number of terminal acetylenes is 1. The first-order valence-corrected chi connectivity index (χ1v) is 14.2. The minimum absolute atomic E-state index is 0.0767. The van der Waals surface area contributed by atoms with Gasteiger partial charge in [0.15, 0.2) is 0 Å². The number of aliphatic carboxylic acids is 1. The van der Waals surface area contributed by atoms with Crippen molar-refractivity contribution in [1.29, 1.82) is 0 Å². The Bertz CT molecular complexity index is 1280. The van der Waals surface area contributed by atoms with Gasteiger partial charge >= 0.3 is 5.97 Å². The number of carbonyl (C=O) groups is 2. The van der Waals surface area contributed by atoms with E-state index in [-0.39, 0.29) is 23.4 Å². The first kappa shape index (κ1) is 27.8.